The van der Waals surface area contributed by atoms with Gasteiger partial charge in [-0.1, -0.05) is 12.1 Å². The summed E-state index contributed by atoms with van der Waals surface area (Å²) < 4.78 is 25.1. The molecule has 0 atom stereocenters. The van der Waals surface area contributed by atoms with Gasteiger partial charge in [-0.25, -0.2) is 18.5 Å². The molecule has 0 aliphatic carbocycles. The molecule has 2 aromatic carbocycles. The zero-order chi connectivity index (χ0) is 19.7. The van der Waals surface area contributed by atoms with Crippen LogP contribution in [0, 0.1) is 5.82 Å². The first-order chi connectivity index (χ1) is 12.8. The van der Waals surface area contributed by atoms with Gasteiger partial charge >= 0.3 is 11.8 Å². The van der Waals surface area contributed by atoms with E-state index in [4.69, 9.17) is 14.9 Å². The molecule has 0 unspecified atom stereocenters. The Morgan fingerprint density at radius 3 is 2.70 bits per heavy atom. The number of amides is 1. The maximum atomic E-state index is 14.1. The standard InChI is InChI=1S/C18H16FN3O5/c1-21(2)17(24)26-11-6-7-12-14(8-11)27-18(25)22(16(12)23)9-10-4-3-5-13(20)15(10)19/h3-8H,9,20H2,1-2H3. The summed E-state index contributed by atoms with van der Waals surface area (Å²) in [4.78, 5) is 37.7. The van der Waals surface area contributed by atoms with Gasteiger partial charge in [0.2, 0.25) is 0 Å². The normalized spacial score (nSPS) is 10.8. The molecule has 140 valence electrons. The Hall–Kier alpha value is -3.62. The summed E-state index contributed by atoms with van der Waals surface area (Å²) in [6, 6.07) is 8.35. The Morgan fingerprint density at radius 2 is 2.00 bits per heavy atom. The highest BCUT2D eigenvalue weighted by atomic mass is 19.1. The molecular formula is C18H16FN3O5. The van der Waals surface area contributed by atoms with E-state index >= 15 is 0 Å². The van der Waals surface area contributed by atoms with Crippen LogP contribution in [0.3, 0.4) is 0 Å². The monoisotopic (exact) mass is 373 g/mol. The van der Waals surface area contributed by atoms with Crippen molar-refractivity contribution in [2.45, 2.75) is 6.54 Å². The minimum absolute atomic E-state index is 0.0432. The van der Waals surface area contributed by atoms with E-state index in [0.29, 0.717) is 0 Å². The number of nitrogen functional groups attached to an aromatic ring is 1. The lowest BCUT2D eigenvalue weighted by Crippen LogP contribution is -2.33. The van der Waals surface area contributed by atoms with Crippen molar-refractivity contribution in [2.24, 2.45) is 0 Å². The highest BCUT2D eigenvalue weighted by Crippen LogP contribution is 2.19. The van der Waals surface area contributed by atoms with Gasteiger partial charge in [-0.2, -0.15) is 0 Å². The number of fused-ring (bicyclic) bond motifs is 1. The number of ether oxygens (including phenoxy) is 1. The fourth-order valence-electron chi connectivity index (χ4n) is 2.43. The summed E-state index contributed by atoms with van der Waals surface area (Å²) in [5, 5.41) is 0.0866. The van der Waals surface area contributed by atoms with Crippen LogP contribution in [0.2, 0.25) is 0 Å². The predicted molar refractivity (Wildman–Crippen MR) is 96.4 cm³/mol. The second-order valence-electron chi connectivity index (χ2n) is 6.00. The van der Waals surface area contributed by atoms with Crippen molar-refractivity contribution in [2.75, 3.05) is 19.8 Å². The predicted octanol–water partition coefficient (Wildman–Crippen LogP) is 1.78. The number of aromatic nitrogens is 1. The molecule has 1 aromatic heterocycles. The van der Waals surface area contributed by atoms with E-state index in [1.165, 1.54) is 55.4 Å². The number of nitrogens with zero attached hydrogens (tertiary/aromatic N) is 2. The second-order valence-corrected chi connectivity index (χ2v) is 6.00. The van der Waals surface area contributed by atoms with Crippen molar-refractivity contribution in [1.29, 1.82) is 0 Å². The van der Waals surface area contributed by atoms with Gasteiger partial charge in [-0.05, 0) is 18.2 Å². The third-order valence-electron chi connectivity index (χ3n) is 3.85. The number of carbonyl (C=O) groups is 1. The summed E-state index contributed by atoms with van der Waals surface area (Å²) in [5.41, 5.74) is 4.81. The Balaban J connectivity index is 2.04. The molecule has 0 saturated heterocycles. The lowest BCUT2D eigenvalue weighted by molar-refractivity contribution is 0.172. The number of rotatable bonds is 3. The molecular weight excluding hydrogens is 357 g/mol. The van der Waals surface area contributed by atoms with Crippen molar-refractivity contribution >= 4 is 22.7 Å². The minimum Gasteiger partial charge on any atom is -0.410 e. The van der Waals surface area contributed by atoms with Crippen LogP contribution >= 0.6 is 0 Å². The van der Waals surface area contributed by atoms with Crippen LogP contribution < -0.4 is 21.8 Å². The molecule has 0 aliphatic heterocycles. The second kappa shape index (κ2) is 6.94. The average molecular weight is 373 g/mol. The van der Waals surface area contributed by atoms with Gasteiger partial charge < -0.3 is 19.8 Å². The fraction of sp³-hybridized carbons (Fsp3) is 0.167. The Morgan fingerprint density at radius 1 is 1.26 bits per heavy atom. The molecule has 0 radical (unpaired) electrons. The first kappa shape index (κ1) is 18.2. The molecule has 1 amide bonds. The van der Waals surface area contributed by atoms with Gasteiger partial charge in [0.15, 0.2) is 5.82 Å². The van der Waals surface area contributed by atoms with Crippen molar-refractivity contribution in [3.05, 3.63) is 68.7 Å². The third kappa shape index (κ3) is 3.52. The average Bonchev–Trinajstić information content (AvgIpc) is 2.61. The van der Waals surface area contributed by atoms with Gasteiger partial charge in [0.1, 0.15) is 11.3 Å². The number of hydrogen-bond donors (Lipinski definition) is 1. The van der Waals surface area contributed by atoms with E-state index in [1.54, 1.807) is 0 Å². The van der Waals surface area contributed by atoms with Crippen LogP contribution in [-0.4, -0.2) is 29.7 Å². The maximum Gasteiger partial charge on any atom is 0.422 e. The number of benzene rings is 2. The lowest BCUT2D eigenvalue weighted by Gasteiger charge is -2.11. The summed E-state index contributed by atoms with van der Waals surface area (Å²) >= 11 is 0. The fourth-order valence-corrected chi connectivity index (χ4v) is 2.43. The Bertz CT molecular complexity index is 1150. The smallest absolute Gasteiger partial charge is 0.410 e. The molecule has 2 N–H and O–H groups in total. The molecule has 0 saturated carbocycles. The van der Waals surface area contributed by atoms with Gasteiger partial charge in [0.05, 0.1) is 17.6 Å². The molecule has 0 fully saturated rings. The van der Waals surface area contributed by atoms with Gasteiger partial charge in [0, 0.05) is 25.7 Å². The molecule has 0 aliphatic rings. The largest absolute Gasteiger partial charge is 0.422 e. The van der Waals surface area contributed by atoms with E-state index in [0.717, 1.165) is 4.57 Å². The summed E-state index contributed by atoms with van der Waals surface area (Å²) in [7, 11) is 3.02. The molecule has 0 bridgehead atoms. The first-order valence-electron chi connectivity index (χ1n) is 7.87. The van der Waals surface area contributed by atoms with E-state index in [-0.39, 0.29) is 34.5 Å². The van der Waals surface area contributed by atoms with Crippen LogP contribution in [-0.2, 0) is 6.54 Å². The summed E-state index contributed by atoms with van der Waals surface area (Å²) in [5.74, 6) is -1.55. The van der Waals surface area contributed by atoms with E-state index in [1.807, 2.05) is 0 Å². The molecule has 9 heteroatoms. The number of halogens is 1. The number of anilines is 1. The SMILES string of the molecule is CN(C)C(=O)Oc1ccc2c(=O)n(Cc3cccc(N)c3F)c(=O)oc2c1. The highest BCUT2D eigenvalue weighted by molar-refractivity contribution is 5.78. The molecule has 27 heavy (non-hydrogen) atoms. The molecule has 8 nitrogen and oxygen atoms in total. The topological polar surface area (TPSA) is 108 Å². The van der Waals surface area contributed by atoms with Gasteiger partial charge in [-0.3, -0.25) is 4.79 Å². The minimum atomic E-state index is -0.967. The number of hydrogen-bond acceptors (Lipinski definition) is 6. The third-order valence-corrected chi connectivity index (χ3v) is 3.85. The van der Waals surface area contributed by atoms with E-state index in [2.05, 4.69) is 0 Å². The van der Waals surface area contributed by atoms with Crippen LogP contribution in [0.1, 0.15) is 5.56 Å². The lowest BCUT2D eigenvalue weighted by atomic mass is 10.2. The van der Waals surface area contributed by atoms with Crippen LogP contribution in [0.5, 0.6) is 5.75 Å². The summed E-state index contributed by atoms with van der Waals surface area (Å²) in [6.07, 6.45) is -0.623. The number of carbonyl (C=O) groups excluding carboxylic acids is 1. The molecule has 3 aromatic rings. The molecule has 0 spiro atoms. The van der Waals surface area contributed by atoms with Crippen LogP contribution in [0.25, 0.3) is 11.0 Å². The van der Waals surface area contributed by atoms with Crippen molar-refractivity contribution in [3.8, 4) is 5.75 Å². The van der Waals surface area contributed by atoms with E-state index in [9.17, 15) is 18.8 Å². The van der Waals surface area contributed by atoms with E-state index < -0.39 is 23.2 Å². The molecule has 1 heterocycles. The number of nitrogens with two attached hydrogens (primary N) is 1. The Kier molecular flexibility index (Phi) is 4.68. The maximum absolute atomic E-state index is 14.1. The van der Waals surface area contributed by atoms with Gasteiger partial charge in [-0.15, -0.1) is 0 Å². The zero-order valence-electron chi connectivity index (χ0n) is 14.6. The van der Waals surface area contributed by atoms with Crippen molar-refractivity contribution in [1.82, 2.24) is 9.47 Å². The van der Waals surface area contributed by atoms with Crippen molar-refractivity contribution < 1.29 is 18.3 Å². The summed E-state index contributed by atoms with van der Waals surface area (Å²) in [6.45, 7) is -0.328. The Labute approximate surface area is 152 Å². The quantitative estimate of drug-likeness (QED) is 0.701. The zero-order valence-corrected chi connectivity index (χ0v) is 14.6. The van der Waals surface area contributed by atoms with Gasteiger partial charge in [0.25, 0.3) is 5.56 Å². The molecule has 3 rings (SSSR count). The van der Waals surface area contributed by atoms with Crippen LogP contribution in [0.4, 0.5) is 14.9 Å². The first-order valence-corrected chi connectivity index (χ1v) is 7.87. The van der Waals surface area contributed by atoms with Crippen LogP contribution in [0.15, 0.2) is 50.4 Å². The highest BCUT2D eigenvalue weighted by Gasteiger charge is 2.15. The van der Waals surface area contributed by atoms with Crippen molar-refractivity contribution in [3.63, 3.8) is 0 Å².